The summed E-state index contributed by atoms with van der Waals surface area (Å²) in [7, 11) is 1.67. The molecular weight excluding hydrogens is 264 g/mol. The fraction of sp³-hybridized carbons (Fsp3) is 0.500. The second-order valence-electron chi connectivity index (χ2n) is 4.37. The molecule has 0 fully saturated rings. The molecule has 1 aromatic rings. The lowest BCUT2D eigenvalue weighted by Gasteiger charge is -2.17. The van der Waals surface area contributed by atoms with E-state index in [2.05, 4.69) is 27.3 Å². The van der Waals surface area contributed by atoms with Gasteiger partial charge in [0.1, 0.15) is 5.75 Å². The number of benzene rings is 1. The van der Waals surface area contributed by atoms with Crippen molar-refractivity contribution in [2.75, 3.05) is 7.05 Å². The van der Waals surface area contributed by atoms with Crippen molar-refractivity contribution in [3.05, 3.63) is 29.8 Å². The molecule has 112 valence electrons. The average Bonchev–Trinajstić information content (AvgIpc) is 2.43. The van der Waals surface area contributed by atoms with E-state index in [0.717, 1.165) is 6.42 Å². The molecule has 0 aromatic heterocycles. The molecule has 0 amide bonds. The van der Waals surface area contributed by atoms with E-state index in [1.807, 2.05) is 6.92 Å². The van der Waals surface area contributed by atoms with Crippen LogP contribution in [0.1, 0.15) is 25.8 Å². The maximum Gasteiger partial charge on any atom is 0.387 e. The van der Waals surface area contributed by atoms with Gasteiger partial charge in [0, 0.05) is 25.2 Å². The van der Waals surface area contributed by atoms with Crippen LogP contribution in [0.5, 0.6) is 5.75 Å². The van der Waals surface area contributed by atoms with E-state index in [4.69, 9.17) is 0 Å². The van der Waals surface area contributed by atoms with Crippen LogP contribution in [-0.2, 0) is 6.54 Å². The SMILES string of the molecule is CCC(C)NC(=NC)NCc1ccccc1OC(F)F. The third-order valence-corrected chi connectivity index (χ3v) is 2.85. The number of para-hydroxylation sites is 1. The number of rotatable bonds is 6. The Hall–Kier alpha value is -1.85. The van der Waals surface area contributed by atoms with Crippen LogP contribution in [0.15, 0.2) is 29.3 Å². The lowest BCUT2D eigenvalue weighted by molar-refractivity contribution is -0.0504. The number of hydrogen-bond acceptors (Lipinski definition) is 2. The molecule has 0 aliphatic rings. The van der Waals surface area contributed by atoms with Crippen molar-refractivity contribution < 1.29 is 13.5 Å². The Morgan fingerprint density at radius 3 is 2.65 bits per heavy atom. The van der Waals surface area contributed by atoms with Gasteiger partial charge in [0.15, 0.2) is 5.96 Å². The van der Waals surface area contributed by atoms with Crippen molar-refractivity contribution in [2.45, 2.75) is 39.5 Å². The molecule has 0 radical (unpaired) electrons. The fourth-order valence-corrected chi connectivity index (χ4v) is 1.57. The average molecular weight is 285 g/mol. The summed E-state index contributed by atoms with van der Waals surface area (Å²) in [6, 6.07) is 6.98. The minimum atomic E-state index is -2.83. The molecule has 0 aliphatic heterocycles. The molecule has 2 N–H and O–H groups in total. The summed E-state index contributed by atoms with van der Waals surface area (Å²) in [5.74, 6) is 0.806. The monoisotopic (exact) mass is 285 g/mol. The van der Waals surface area contributed by atoms with E-state index in [1.165, 1.54) is 6.07 Å². The zero-order valence-electron chi connectivity index (χ0n) is 12.0. The zero-order chi connectivity index (χ0) is 15.0. The first-order chi connectivity index (χ1) is 9.56. The second-order valence-corrected chi connectivity index (χ2v) is 4.37. The van der Waals surface area contributed by atoms with Gasteiger partial charge in [-0.2, -0.15) is 8.78 Å². The quantitative estimate of drug-likeness (QED) is 0.624. The highest BCUT2D eigenvalue weighted by Gasteiger charge is 2.09. The molecule has 1 aromatic carbocycles. The first-order valence-corrected chi connectivity index (χ1v) is 6.56. The van der Waals surface area contributed by atoms with E-state index < -0.39 is 6.61 Å². The van der Waals surface area contributed by atoms with Gasteiger partial charge in [-0.25, -0.2) is 0 Å². The molecule has 20 heavy (non-hydrogen) atoms. The first kappa shape index (κ1) is 16.2. The summed E-state index contributed by atoms with van der Waals surface area (Å²) in [5, 5.41) is 6.28. The topological polar surface area (TPSA) is 45.7 Å². The van der Waals surface area contributed by atoms with Gasteiger partial charge in [0.05, 0.1) is 0 Å². The molecule has 4 nitrogen and oxygen atoms in total. The summed E-state index contributed by atoms with van der Waals surface area (Å²) in [6.07, 6.45) is 0.964. The van der Waals surface area contributed by atoms with Gasteiger partial charge in [-0.3, -0.25) is 4.99 Å². The lowest BCUT2D eigenvalue weighted by atomic mass is 10.2. The van der Waals surface area contributed by atoms with E-state index in [9.17, 15) is 8.78 Å². The maximum absolute atomic E-state index is 12.3. The van der Waals surface area contributed by atoms with Crippen LogP contribution < -0.4 is 15.4 Å². The van der Waals surface area contributed by atoms with Crippen molar-refractivity contribution in [1.29, 1.82) is 0 Å². The van der Waals surface area contributed by atoms with Crippen LogP contribution in [0.3, 0.4) is 0 Å². The highest BCUT2D eigenvalue weighted by atomic mass is 19.3. The van der Waals surface area contributed by atoms with Crippen LogP contribution in [0.4, 0.5) is 8.78 Å². The normalized spacial score (nSPS) is 13.2. The Kier molecular flexibility index (Phi) is 6.76. The van der Waals surface area contributed by atoms with Gasteiger partial charge < -0.3 is 15.4 Å². The predicted octanol–water partition coefficient (Wildman–Crippen LogP) is 2.75. The molecule has 0 aliphatic carbocycles. The number of nitrogens with one attached hydrogen (secondary N) is 2. The standard InChI is InChI=1S/C14H21F2N3O/c1-4-10(2)19-14(17-3)18-9-11-7-5-6-8-12(11)20-13(15)16/h5-8,10,13H,4,9H2,1-3H3,(H2,17,18,19). The molecule has 1 atom stereocenters. The number of aliphatic imine (C=N–C) groups is 1. The number of halogens is 2. The Bertz CT molecular complexity index is 438. The van der Waals surface area contributed by atoms with Gasteiger partial charge in [-0.15, -0.1) is 0 Å². The van der Waals surface area contributed by atoms with Crippen molar-refractivity contribution in [2.24, 2.45) is 4.99 Å². The summed E-state index contributed by atoms with van der Waals surface area (Å²) in [5.41, 5.74) is 0.653. The van der Waals surface area contributed by atoms with Crippen LogP contribution in [0, 0.1) is 0 Å². The van der Waals surface area contributed by atoms with Gasteiger partial charge in [-0.1, -0.05) is 25.1 Å². The number of hydrogen-bond donors (Lipinski definition) is 2. The number of guanidine groups is 1. The summed E-state index contributed by atoms with van der Waals surface area (Å²) >= 11 is 0. The molecule has 1 unspecified atom stereocenters. The van der Waals surface area contributed by atoms with Gasteiger partial charge >= 0.3 is 6.61 Å². The van der Waals surface area contributed by atoms with E-state index in [1.54, 1.807) is 25.2 Å². The third-order valence-electron chi connectivity index (χ3n) is 2.85. The second kappa shape index (κ2) is 8.35. The molecule has 6 heteroatoms. The highest BCUT2D eigenvalue weighted by molar-refractivity contribution is 5.79. The summed E-state index contributed by atoms with van der Waals surface area (Å²) in [6.45, 7) is 1.64. The van der Waals surface area contributed by atoms with Gasteiger partial charge in [0.2, 0.25) is 0 Å². The molecule has 0 saturated carbocycles. The molecule has 0 heterocycles. The lowest BCUT2D eigenvalue weighted by Crippen LogP contribution is -2.41. The Morgan fingerprint density at radius 1 is 1.35 bits per heavy atom. The summed E-state index contributed by atoms with van der Waals surface area (Å²) in [4.78, 5) is 4.09. The Balaban J connectivity index is 2.64. The minimum absolute atomic E-state index is 0.175. The third kappa shape index (κ3) is 5.42. The predicted molar refractivity (Wildman–Crippen MR) is 76.2 cm³/mol. The van der Waals surface area contributed by atoms with Crippen LogP contribution in [0.25, 0.3) is 0 Å². The van der Waals surface area contributed by atoms with Gasteiger partial charge in [0.25, 0.3) is 0 Å². The fourth-order valence-electron chi connectivity index (χ4n) is 1.57. The molecule has 0 saturated heterocycles. The van der Waals surface area contributed by atoms with Crippen molar-refractivity contribution >= 4 is 5.96 Å². The number of ether oxygens (including phenoxy) is 1. The van der Waals surface area contributed by atoms with Gasteiger partial charge in [-0.05, 0) is 19.4 Å². The Labute approximate surface area is 118 Å². The summed E-state index contributed by atoms with van der Waals surface area (Å²) < 4.78 is 29.1. The van der Waals surface area contributed by atoms with Crippen molar-refractivity contribution in [3.8, 4) is 5.75 Å². The number of nitrogens with zero attached hydrogens (tertiary/aromatic N) is 1. The minimum Gasteiger partial charge on any atom is -0.434 e. The van der Waals surface area contributed by atoms with E-state index in [-0.39, 0.29) is 11.8 Å². The van der Waals surface area contributed by atoms with E-state index in [0.29, 0.717) is 18.1 Å². The highest BCUT2D eigenvalue weighted by Crippen LogP contribution is 2.19. The van der Waals surface area contributed by atoms with E-state index >= 15 is 0 Å². The van der Waals surface area contributed by atoms with Crippen molar-refractivity contribution in [3.63, 3.8) is 0 Å². The number of alkyl halides is 2. The zero-order valence-corrected chi connectivity index (χ0v) is 12.0. The van der Waals surface area contributed by atoms with Crippen molar-refractivity contribution in [1.82, 2.24) is 10.6 Å². The van der Waals surface area contributed by atoms with Crippen LogP contribution in [-0.4, -0.2) is 25.7 Å². The molecular formula is C14H21F2N3O. The van der Waals surface area contributed by atoms with Crippen LogP contribution in [0.2, 0.25) is 0 Å². The first-order valence-electron chi connectivity index (χ1n) is 6.56. The largest absolute Gasteiger partial charge is 0.434 e. The molecule has 0 spiro atoms. The van der Waals surface area contributed by atoms with Crippen LogP contribution >= 0.6 is 0 Å². The molecule has 0 bridgehead atoms. The Morgan fingerprint density at radius 2 is 2.05 bits per heavy atom. The molecule has 1 rings (SSSR count). The maximum atomic E-state index is 12.3. The smallest absolute Gasteiger partial charge is 0.387 e.